The second-order valence-corrected chi connectivity index (χ2v) is 4.91. The SMILES string of the molecule is Cc1ccc(NCCc2ccsc2)c(C)c1. The maximum Gasteiger partial charge on any atom is 0.0370 e. The van der Waals surface area contributed by atoms with Crippen LogP contribution in [0.2, 0.25) is 0 Å². The number of benzene rings is 1. The molecule has 1 N–H and O–H groups in total. The molecule has 0 fully saturated rings. The Kier molecular flexibility index (Phi) is 3.62. The normalized spacial score (nSPS) is 10.4. The van der Waals surface area contributed by atoms with Gasteiger partial charge < -0.3 is 5.32 Å². The van der Waals surface area contributed by atoms with Crippen molar-refractivity contribution in [3.8, 4) is 0 Å². The highest BCUT2D eigenvalue weighted by molar-refractivity contribution is 7.07. The second-order valence-electron chi connectivity index (χ2n) is 4.13. The van der Waals surface area contributed by atoms with Crippen molar-refractivity contribution in [1.82, 2.24) is 0 Å². The third-order valence-corrected chi connectivity index (χ3v) is 3.42. The van der Waals surface area contributed by atoms with E-state index in [-0.39, 0.29) is 0 Å². The minimum absolute atomic E-state index is 1.00. The van der Waals surface area contributed by atoms with Gasteiger partial charge in [0.15, 0.2) is 0 Å². The molecule has 16 heavy (non-hydrogen) atoms. The van der Waals surface area contributed by atoms with E-state index in [9.17, 15) is 0 Å². The Balaban J connectivity index is 1.90. The molecule has 1 nitrogen and oxygen atoms in total. The fourth-order valence-electron chi connectivity index (χ4n) is 1.79. The summed E-state index contributed by atoms with van der Waals surface area (Å²) in [4.78, 5) is 0. The summed E-state index contributed by atoms with van der Waals surface area (Å²) in [5.74, 6) is 0. The van der Waals surface area contributed by atoms with E-state index in [1.165, 1.54) is 22.4 Å². The fourth-order valence-corrected chi connectivity index (χ4v) is 2.49. The average molecular weight is 231 g/mol. The highest BCUT2D eigenvalue weighted by atomic mass is 32.1. The Hall–Kier alpha value is -1.28. The number of hydrogen-bond acceptors (Lipinski definition) is 2. The Morgan fingerprint density at radius 2 is 2.06 bits per heavy atom. The summed E-state index contributed by atoms with van der Waals surface area (Å²) >= 11 is 1.76. The number of anilines is 1. The highest BCUT2D eigenvalue weighted by Crippen LogP contribution is 2.16. The van der Waals surface area contributed by atoms with Crippen LogP contribution >= 0.6 is 11.3 Å². The van der Waals surface area contributed by atoms with Gasteiger partial charge in [-0.25, -0.2) is 0 Å². The predicted octanol–water partition coefficient (Wildman–Crippen LogP) is 4.02. The topological polar surface area (TPSA) is 12.0 Å². The lowest BCUT2D eigenvalue weighted by atomic mass is 10.1. The van der Waals surface area contributed by atoms with Crippen molar-refractivity contribution >= 4 is 17.0 Å². The molecule has 0 amide bonds. The van der Waals surface area contributed by atoms with Gasteiger partial charge in [-0.05, 0) is 54.3 Å². The van der Waals surface area contributed by atoms with E-state index in [0.29, 0.717) is 0 Å². The third-order valence-electron chi connectivity index (χ3n) is 2.69. The summed E-state index contributed by atoms with van der Waals surface area (Å²) in [6.07, 6.45) is 1.09. The maximum atomic E-state index is 3.48. The van der Waals surface area contributed by atoms with Crippen molar-refractivity contribution in [1.29, 1.82) is 0 Å². The van der Waals surface area contributed by atoms with Crippen molar-refractivity contribution in [3.05, 3.63) is 51.7 Å². The van der Waals surface area contributed by atoms with Gasteiger partial charge in [-0.15, -0.1) is 0 Å². The van der Waals surface area contributed by atoms with Crippen LogP contribution in [0.3, 0.4) is 0 Å². The van der Waals surface area contributed by atoms with E-state index in [1.807, 2.05) is 0 Å². The van der Waals surface area contributed by atoms with E-state index < -0.39 is 0 Å². The molecule has 0 saturated heterocycles. The van der Waals surface area contributed by atoms with Gasteiger partial charge >= 0.3 is 0 Å². The molecule has 0 bridgehead atoms. The number of hydrogen-bond donors (Lipinski definition) is 1. The van der Waals surface area contributed by atoms with Crippen molar-refractivity contribution in [2.24, 2.45) is 0 Å². The number of rotatable bonds is 4. The molecule has 2 heteroatoms. The summed E-state index contributed by atoms with van der Waals surface area (Å²) in [5.41, 5.74) is 5.31. The third kappa shape index (κ3) is 2.86. The van der Waals surface area contributed by atoms with Gasteiger partial charge in [0.1, 0.15) is 0 Å². The molecule has 1 heterocycles. The van der Waals surface area contributed by atoms with E-state index in [1.54, 1.807) is 11.3 Å². The molecule has 0 atom stereocenters. The minimum Gasteiger partial charge on any atom is -0.384 e. The zero-order valence-corrected chi connectivity index (χ0v) is 10.6. The number of thiophene rings is 1. The van der Waals surface area contributed by atoms with Gasteiger partial charge in [0, 0.05) is 12.2 Å². The van der Waals surface area contributed by atoms with Crippen LogP contribution in [0.5, 0.6) is 0 Å². The molecule has 0 aliphatic rings. The smallest absolute Gasteiger partial charge is 0.0370 e. The first-order valence-electron chi connectivity index (χ1n) is 5.58. The first-order valence-corrected chi connectivity index (χ1v) is 6.52. The Morgan fingerprint density at radius 1 is 1.19 bits per heavy atom. The van der Waals surface area contributed by atoms with Crippen LogP contribution in [0, 0.1) is 13.8 Å². The summed E-state index contributed by atoms with van der Waals surface area (Å²) in [6.45, 7) is 5.28. The molecule has 1 aromatic heterocycles. The molecule has 0 unspecified atom stereocenters. The van der Waals surface area contributed by atoms with Crippen molar-refractivity contribution in [3.63, 3.8) is 0 Å². The lowest BCUT2D eigenvalue weighted by Gasteiger charge is -2.09. The molecule has 2 aromatic rings. The zero-order valence-electron chi connectivity index (χ0n) is 9.79. The van der Waals surface area contributed by atoms with Gasteiger partial charge in [-0.2, -0.15) is 11.3 Å². The van der Waals surface area contributed by atoms with Crippen LogP contribution in [0.25, 0.3) is 0 Å². The molecule has 2 rings (SSSR count). The summed E-state index contributed by atoms with van der Waals surface area (Å²) in [6, 6.07) is 8.72. The number of nitrogens with one attached hydrogen (secondary N) is 1. The van der Waals surface area contributed by atoms with Crippen molar-refractivity contribution < 1.29 is 0 Å². The lowest BCUT2D eigenvalue weighted by Crippen LogP contribution is -2.05. The van der Waals surface area contributed by atoms with Crippen molar-refractivity contribution in [2.45, 2.75) is 20.3 Å². The van der Waals surface area contributed by atoms with E-state index in [2.05, 4.69) is 54.2 Å². The quantitative estimate of drug-likeness (QED) is 0.838. The van der Waals surface area contributed by atoms with Gasteiger partial charge in [-0.1, -0.05) is 17.7 Å². The van der Waals surface area contributed by atoms with Gasteiger partial charge in [0.25, 0.3) is 0 Å². The summed E-state index contributed by atoms with van der Waals surface area (Å²) in [5, 5.41) is 7.83. The van der Waals surface area contributed by atoms with Crippen LogP contribution in [0.4, 0.5) is 5.69 Å². The number of aryl methyl sites for hydroxylation is 2. The van der Waals surface area contributed by atoms with Gasteiger partial charge in [-0.3, -0.25) is 0 Å². The highest BCUT2D eigenvalue weighted by Gasteiger charge is 1.98. The molecule has 0 aliphatic heterocycles. The first-order chi connectivity index (χ1) is 7.75. The minimum atomic E-state index is 1.00. The van der Waals surface area contributed by atoms with E-state index in [4.69, 9.17) is 0 Å². The fraction of sp³-hybridized carbons (Fsp3) is 0.286. The zero-order chi connectivity index (χ0) is 11.4. The summed E-state index contributed by atoms with van der Waals surface area (Å²) in [7, 11) is 0. The molecule has 1 aromatic carbocycles. The molecule has 0 radical (unpaired) electrons. The molecular weight excluding hydrogens is 214 g/mol. The van der Waals surface area contributed by atoms with Crippen LogP contribution in [0.15, 0.2) is 35.0 Å². The monoisotopic (exact) mass is 231 g/mol. The second kappa shape index (κ2) is 5.17. The van der Waals surface area contributed by atoms with Crippen LogP contribution in [0.1, 0.15) is 16.7 Å². The molecule has 0 spiro atoms. The van der Waals surface area contributed by atoms with Crippen LogP contribution < -0.4 is 5.32 Å². The average Bonchev–Trinajstić information content (AvgIpc) is 2.74. The molecule has 0 aliphatic carbocycles. The molecule has 84 valence electrons. The predicted molar refractivity (Wildman–Crippen MR) is 72.4 cm³/mol. The van der Waals surface area contributed by atoms with Crippen LogP contribution in [-0.4, -0.2) is 6.54 Å². The Morgan fingerprint density at radius 3 is 2.75 bits per heavy atom. The first kappa shape index (κ1) is 11.2. The van der Waals surface area contributed by atoms with Crippen LogP contribution in [-0.2, 0) is 6.42 Å². The lowest BCUT2D eigenvalue weighted by molar-refractivity contribution is 1.02. The molecule has 0 saturated carbocycles. The van der Waals surface area contributed by atoms with E-state index in [0.717, 1.165) is 13.0 Å². The van der Waals surface area contributed by atoms with Gasteiger partial charge in [0.05, 0.1) is 0 Å². The largest absolute Gasteiger partial charge is 0.384 e. The standard InChI is InChI=1S/C14H17NS/c1-11-3-4-14(12(2)9-11)15-7-5-13-6-8-16-10-13/h3-4,6,8-10,15H,5,7H2,1-2H3. The summed E-state index contributed by atoms with van der Waals surface area (Å²) < 4.78 is 0. The molecular formula is C14H17NS. The van der Waals surface area contributed by atoms with Gasteiger partial charge in [0.2, 0.25) is 0 Å². The Bertz CT molecular complexity index is 446. The van der Waals surface area contributed by atoms with E-state index >= 15 is 0 Å². The Labute approximate surface area is 101 Å². The maximum absolute atomic E-state index is 3.48. The van der Waals surface area contributed by atoms with Crippen molar-refractivity contribution in [2.75, 3.05) is 11.9 Å².